The van der Waals surface area contributed by atoms with Crippen LogP contribution < -0.4 is 10.2 Å². The zero-order valence-electron chi connectivity index (χ0n) is 22.1. The van der Waals surface area contributed by atoms with Crippen molar-refractivity contribution < 1.29 is 27.5 Å². The molecule has 2 aliphatic carbocycles. The van der Waals surface area contributed by atoms with E-state index in [0.29, 0.717) is 30.0 Å². The minimum Gasteiger partial charge on any atom is -0.466 e. The van der Waals surface area contributed by atoms with Crippen LogP contribution in [0.4, 0.5) is 24.5 Å². The van der Waals surface area contributed by atoms with Crippen LogP contribution >= 0.6 is 0 Å². The van der Waals surface area contributed by atoms with Gasteiger partial charge in [-0.15, -0.1) is 0 Å². The third-order valence-electron chi connectivity index (χ3n) is 7.51. The third kappa shape index (κ3) is 7.75. The van der Waals surface area contributed by atoms with Crippen LogP contribution in [0.3, 0.4) is 0 Å². The van der Waals surface area contributed by atoms with Gasteiger partial charge in [0.15, 0.2) is 0 Å². The molecule has 2 aromatic rings. The molecule has 0 spiro atoms. The van der Waals surface area contributed by atoms with Crippen molar-refractivity contribution in [3.63, 3.8) is 0 Å². The summed E-state index contributed by atoms with van der Waals surface area (Å²) in [5.41, 5.74) is 3.08. The molecule has 0 saturated heterocycles. The predicted octanol–water partition coefficient (Wildman–Crippen LogP) is 6.50. The average molecular weight is 542 g/mol. The van der Waals surface area contributed by atoms with Gasteiger partial charge < -0.3 is 15.0 Å². The zero-order chi connectivity index (χ0) is 28.0. The number of anilines is 2. The van der Waals surface area contributed by atoms with Crippen LogP contribution in [0.2, 0.25) is 0 Å². The number of ether oxygens (including phenoxy) is 1. The highest BCUT2D eigenvalue weighted by atomic mass is 19.4. The van der Waals surface area contributed by atoms with E-state index in [1.54, 1.807) is 43.3 Å². The van der Waals surface area contributed by atoms with Crippen molar-refractivity contribution in [3.05, 3.63) is 59.2 Å². The van der Waals surface area contributed by atoms with E-state index in [1.807, 2.05) is 17.0 Å². The summed E-state index contributed by atoms with van der Waals surface area (Å²) in [6, 6.07) is 14.1. The van der Waals surface area contributed by atoms with Gasteiger partial charge in [0.1, 0.15) is 0 Å². The summed E-state index contributed by atoms with van der Waals surface area (Å²) in [5.74, 6) is -0.870. The summed E-state index contributed by atoms with van der Waals surface area (Å²) < 4.78 is 45.1. The largest absolute Gasteiger partial charge is 0.466 e. The lowest BCUT2D eigenvalue weighted by atomic mass is 9.93. The Kier molecular flexibility index (Phi) is 9.16. The molecule has 2 aliphatic rings. The number of hydrogen-bond acceptors (Lipinski definition) is 5. The highest BCUT2D eigenvalue weighted by molar-refractivity contribution is 5.96. The monoisotopic (exact) mass is 541 g/mol. The second kappa shape index (κ2) is 12.5. The van der Waals surface area contributed by atoms with Gasteiger partial charge in [-0.3, -0.25) is 9.59 Å². The molecule has 2 fully saturated rings. The summed E-state index contributed by atoms with van der Waals surface area (Å²) in [6.45, 7) is 1.86. The van der Waals surface area contributed by atoms with Crippen molar-refractivity contribution >= 4 is 23.3 Å². The molecular formula is C30H34F3N3O3. The molecule has 9 heteroatoms. The summed E-state index contributed by atoms with van der Waals surface area (Å²) in [4.78, 5) is 27.2. The van der Waals surface area contributed by atoms with Crippen molar-refractivity contribution in [2.24, 2.45) is 5.92 Å². The van der Waals surface area contributed by atoms with Crippen LogP contribution in [0.5, 0.6) is 0 Å². The first kappa shape index (κ1) is 28.5. The molecule has 0 unspecified atom stereocenters. The normalized spacial score (nSPS) is 19.2. The van der Waals surface area contributed by atoms with E-state index < -0.39 is 12.6 Å². The van der Waals surface area contributed by atoms with Gasteiger partial charge in [0, 0.05) is 12.6 Å². The summed E-state index contributed by atoms with van der Waals surface area (Å²) in [5, 5.41) is 12.0. The molecular weight excluding hydrogens is 507 g/mol. The number of alkyl halides is 3. The van der Waals surface area contributed by atoms with Crippen LogP contribution in [0.15, 0.2) is 42.5 Å². The van der Waals surface area contributed by atoms with Crippen LogP contribution in [0, 0.1) is 17.2 Å². The lowest BCUT2D eigenvalue weighted by Crippen LogP contribution is -2.39. The topological polar surface area (TPSA) is 82.4 Å². The number of carbonyl (C=O) groups excluding carboxylic acids is 2. The van der Waals surface area contributed by atoms with Gasteiger partial charge in [-0.25, -0.2) is 0 Å². The van der Waals surface area contributed by atoms with Gasteiger partial charge in [0.2, 0.25) is 5.91 Å². The maximum Gasteiger partial charge on any atom is 0.390 e. The average Bonchev–Trinajstić information content (AvgIpc) is 3.71. The first-order valence-corrected chi connectivity index (χ1v) is 13.6. The Hall–Kier alpha value is -3.54. The Bertz CT molecular complexity index is 1200. The number of benzene rings is 2. The Morgan fingerprint density at radius 2 is 1.82 bits per heavy atom. The van der Waals surface area contributed by atoms with Gasteiger partial charge >= 0.3 is 12.1 Å². The minimum atomic E-state index is -4.30. The molecule has 0 aliphatic heterocycles. The van der Waals surface area contributed by atoms with E-state index in [4.69, 9.17) is 10.00 Å². The summed E-state index contributed by atoms with van der Waals surface area (Å²) in [7, 11) is 0. The van der Waals surface area contributed by atoms with Gasteiger partial charge in [0.25, 0.3) is 0 Å². The number of nitrogens with one attached hydrogen (secondary N) is 1. The predicted molar refractivity (Wildman–Crippen MR) is 142 cm³/mol. The Labute approximate surface area is 227 Å². The minimum absolute atomic E-state index is 0.0469. The maximum absolute atomic E-state index is 13.3. The van der Waals surface area contributed by atoms with Crippen LogP contribution in [0.1, 0.15) is 74.5 Å². The quantitative estimate of drug-likeness (QED) is 0.348. The fourth-order valence-electron chi connectivity index (χ4n) is 5.42. The molecule has 2 saturated carbocycles. The number of rotatable bonds is 10. The van der Waals surface area contributed by atoms with E-state index in [0.717, 1.165) is 43.2 Å². The van der Waals surface area contributed by atoms with Crippen molar-refractivity contribution in [3.8, 4) is 6.07 Å². The molecule has 0 bridgehead atoms. The first-order chi connectivity index (χ1) is 18.7. The molecule has 4 rings (SSSR count). The number of nitriles is 1. The van der Waals surface area contributed by atoms with Crippen molar-refractivity contribution in [2.45, 2.75) is 76.4 Å². The summed E-state index contributed by atoms with van der Waals surface area (Å²) in [6.07, 6.45) is 0.00671. The molecule has 1 amide bonds. The fraction of sp³-hybridized carbons (Fsp3) is 0.500. The molecule has 0 radical (unpaired) electrons. The SMILES string of the molecule is CCOC(=O)[C@@H]1C[C@@H]1c1ccc(N(CCC(F)(F)F)C2CCCCC2)c(NC(=O)Cc2ccc(C#N)cc2)c1. The van der Waals surface area contributed by atoms with E-state index in [-0.39, 0.29) is 42.7 Å². The molecule has 2 atom stereocenters. The third-order valence-corrected chi connectivity index (χ3v) is 7.51. The van der Waals surface area contributed by atoms with E-state index in [1.165, 1.54) is 0 Å². The lowest BCUT2D eigenvalue weighted by molar-refractivity contribution is -0.144. The molecule has 208 valence electrons. The van der Waals surface area contributed by atoms with Crippen LogP contribution in [0.25, 0.3) is 0 Å². The number of hydrogen-bond donors (Lipinski definition) is 1. The standard InChI is InChI=1S/C30H34F3N3O3/c1-2-39-29(38)25-18-24(25)22-12-13-27(36(15-14-30(31,32)33)23-6-4-3-5-7-23)26(17-22)35-28(37)16-20-8-10-21(19-34)11-9-20/h8-13,17,23-25H,2-7,14-16,18H2,1H3,(H,35,37)/t24-,25-/m1/s1. The Morgan fingerprint density at radius 1 is 1.10 bits per heavy atom. The summed E-state index contributed by atoms with van der Waals surface area (Å²) >= 11 is 0. The van der Waals surface area contributed by atoms with Gasteiger partial charge in [-0.2, -0.15) is 18.4 Å². The van der Waals surface area contributed by atoms with Crippen molar-refractivity contribution in [1.82, 2.24) is 0 Å². The van der Waals surface area contributed by atoms with E-state index in [2.05, 4.69) is 5.32 Å². The van der Waals surface area contributed by atoms with Gasteiger partial charge in [-0.1, -0.05) is 37.5 Å². The number of amides is 1. The second-order valence-electron chi connectivity index (χ2n) is 10.4. The second-order valence-corrected chi connectivity index (χ2v) is 10.4. The number of nitrogens with zero attached hydrogens (tertiary/aromatic N) is 2. The molecule has 39 heavy (non-hydrogen) atoms. The Balaban J connectivity index is 1.62. The van der Waals surface area contributed by atoms with Gasteiger partial charge in [-0.05, 0) is 67.5 Å². The number of esters is 1. The molecule has 1 N–H and O–H groups in total. The molecule has 0 aromatic heterocycles. The van der Waals surface area contributed by atoms with Crippen LogP contribution in [-0.2, 0) is 20.7 Å². The zero-order valence-corrected chi connectivity index (χ0v) is 22.1. The smallest absolute Gasteiger partial charge is 0.390 e. The molecule has 6 nitrogen and oxygen atoms in total. The van der Waals surface area contributed by atoms with Crippen molar-refractivity contribution in [2.75, 3.05) is 23.4 Å². The van der Waals surface area contributed by atoms with E-state index in [9.17, 15) is 22.8 Å². The highest BCUT2D eigenvalue weighted by Crippen LogP contribution is 2.49. The molecule has 0 heterocycles. The lowest BCUT2D eigenvalue weighted by Gasteiger charge is -2.37. The Morgan fingerprint density at radius 3 is 2.46 bits per heavy atom. The number of carbonyl (C=O) groups is 2. The maximum atomic E-state index is 13.3. The van der Waals surface area contributed by atoms with Crippen molar-refractivity contribution in [1.29, 1.82) is 5.26 Å². The molecule has 2 aromatic carbocycles. The van der Waals surface area contributed by atoms with Gasteiger partial charge in [0.05, 0.1) is 48.4 Å². The number of halogens is 3. The first-order valence-electron chi connectivity index (χ1n) is 13.6. The van der Waals surface area contributed by atoms with Crippen LogP contribution in [-0.4, -0.2) is 37.2 Å². The highest BCUT2D eigenvalue weighted by Gasteiger charge is 2.45. The fourth-order valence-corrected chi connectivity index (χ4v) is 5.42. The van der Waals surface area contributed by atoms with E-state index >= 15 is 0 Å².